The van der Waals surface area contributed by atoms with Crippen LogP contribution in [0.25, 0.3) is 0 Å². The molecular formula is C19H21N5O4S2. The van der Waals surface area contributed by atoms with E-state index in [2.05, 4.69) is 20.7 Å². The second kappa shape index (κ2) is 8.25. The van der Waals surface area contributed by atoms with Crippen molar-refractivity contribution in [1.29, 1.82) is 0 Å². The van der Waals surface area contributed by atoms with E-state index in [1.165, 1.54) is 15.6 Å². The number of amides is 1. The molecule has 0 spiro atoms. The van der Waals surface area contributed by atoms with Crippen LogP contribution in [-0.4, -0.2) is 46.6 Å². The molecule has 158 valence electrons. The summed E-state index contributed by atoms with van der Waals surface area (Å²) in [5, 5.41) is 15.7. The number of aryl methyl sites for hydroxylation is 2. The maximum Gasteiger partial charge on any atom is 0.249 e. The summed E-state index contributed by atoms with van der Waals surface area (Å²) in [5.41, 5.74) is 1.38. The molecule has 0 radical (unpaired) electrons. The Morgan fingerprint density at radius 2 is 2.03 bits per heavy atom. The molecule has 1 fully saturated rings. The van der Waals surface area contributed by atoms with Crippen LogP contribution >= 0.6 is 11.3 Å². The standard InChI is InChI=1S/C19H21N5O4S2/c1-12-17(13(2)28-23-12)30(26,27)24-10-6-9-15(24)18(25)20-19-22-21-16(29-19)11-14-7-4-3-5-8-14/h3-5,7-8,15H,6,9-11H2,1-2H3,(H,20,22,25)/t15-/m0/s1. The van der Waals surface area contributed by atoms with Gasteiger partial charge in [-0.25, -0.2) is 8.42 Å². The highest BCUT2D eigenvalue weighted by atomic mass is 32.2. The molecule has 1 atom stereocenters. The zero-order valence-electron chi connectivity index (χ0n) is 16.5. The van der Waals surface area contributed by atoms with Crippen LogP contribution in [0.1, 0.15) is 34.9 Å². The fourth-order valence-corrected chi connectivity index (χ4v) is 6.31. The van der Waals surface area contributed by atoms with Crippen LogP contribution in [0, 0.1) is 13.8 Å². The summed E-state index contributed by atoms with van der Waals surface area (Å²) < 4.78 is 32.5. The van der Waals surface area contributed by atoms with Crippen molar-refractivity contribution in [1.82, 2.24) is 19.7 Å². The Balaban J connectivity index is 1.48. The minimum atomic E-state index is -3.90. The molecule has 2 aromatic heterocycles. The number of benzene rings is 1. The number of nitrogens with zero attached hydrogens (tertiary/aromatic N) is 4. The third kappa shape index (κ3) is 4.00. The molecule has 0 bridgehead atoms. The van der Waals surface area contributed by atoms with Gasteiger partial charge in [-0.2, -0.15) is 4.31 Å². The Bertz CT molecular complexity index is 1140. The topological polar surface area (TPSA) is 118 Å². The minimum absolute atomic E-state index is 0.0308. The Morgan fingerprint density at radius 1 is 1.27 bits per heavy atom. The fraction of sp³-hybridized carbons (Fsp3) is 0.368. The monoisotopic (exact) mass is 447 g/mol. The number of aromatic nitrogens is 3. The SMILES string of the molecule is Cc1noc(C)c1S(=O)(=O)N1CCC[C@H]1C(=O)Nc1nnc(Cc2ccccc2)s1. The Kier molecular flexibility index (Phi) is 5.67. The molecule has 0 aliphatic carbocycles. The average molecular weight is 448 g/mol. The first-order chi connectivity index (χ1) is 14.4. The predicted molar refractivity (Wildman–Crippen MR) is 111 cm³/mol. The zero-order chi connectivity index (χ0) is 21.3. The van der Waals surface area contributed by atoms with E-state index in [9.17, 15) is 13.2 Å². The Labute approximate surface area is 178 Å². The number of nitrogens with one attached hydrogen (secondary N) is 1. The molecule has 1 N–H and O–H groups in total. The van der Waals surface area contributed by atoms with Crippen molar-refractivity contribution in [3.63, 3.8) is 0 Å². The number of hydrogen-bond donors (Lipinski definition) is 1. The molecule has 3 heterocycles. The maximum absolute atomic E-state index is 13.1. The molecule has 0 saturated carbocycles. The predicted octanol–water partition coefficient (Wildman–Crippen LogP) is 2.53. The molecule has 3 aromatic rings. The number of hydrogen-bond acceptors (Lipinski definition) is 8. The van der Waals surface area contributed by atoms with Gasteiger partial charge in [-0.15, -0.1) is 10.2 Å². The van der Waals surface area contributed by atoms with E-state index >= 15 is 0 Å². The lowest BCUT2D eigenvalue weighted by molar-refractivity contribution is -0.119. The maximum atomic E-state index is 13.1. The second-order valence-electron chi connectivity index (χ2n) is 7.08. The van der Waals surface area contributed by atoms with Crippen molar-refractivity contribution in [2.24, 2.45) is 0 Å². The van der Waals surface area contributed by atoms with E-state index in [1.54, 1.807) is 13.8 Å². The average Bonchev–Trinajstić information content (AvgIpc) is 3.43. The summed E-state index contributed by atoms with van der Waals surface area (Å²) in [4.78, 5) is 12.9. The number of carbonyl (C=O) groups excluding carboxylic acids is 1. The summed E-state index contributed by atoms with van der Waals surface area (Å²) in [7, 11) is -3.90. The van der Waals surface area contributed by atoms with Gasteiger partial charge in [0.25, 0.3) is 0 Å². The van der Waals surface area contributed by atoms with Gasteiger partial charge >= 0.3 is 0 Å². The van der Waals surface area contributed by atoms with Gasteiger partial charge in [0.2, 0.25) is 21.1 Å². The summed E-state index contributed by atoms with van der Waals surface area (Å²) >= 11 is 1.28. The summed E-state index contributed by atoms with van der Waals surface area (Å²) in [6.45, 7) is 3.39. The normalized spacial score (nSPS) is 17.3. The van der Waals surface area contributed by atoms with E-state index < -0.39 is 22.0 Å². The second-order valence-corrected chi connectivity index (χ2v) is 9.97. The van der Waals surface area contributed by atoms with Crippen molar-refractivity contribution in [2.75, 3.05) is 11.9 Å². The molecule has 1 saturated heterocycles. The number of sulfonamides is 1. The lowest BCUT2D eigenvalue weighted by Crippen LogP contribution is -2.43. The first-order valence-corrected chi connectivity index (χ1v) is 11.7. The van der Waals surface area contributed by atoms with Gasteiger partial charge in [0.1, 0.15) is 21.6 Å². The first-order valence-electron chi connectivity index (χ1n) is 9.48. The third-order valence-corrected chi connectivity index (χ3v) is 7.93. The molecule has 11 heteroatoms. The highest BCUT2D eigenvalue weighted by molar-refractivity contribution is 7.89. The van der Waals surface area contributed by atoms with Gasteiger partial charge in [0.15, 0.2) is 5.76 Å². The number of carbonyl (C=O) groups is 1. The Hall–Kier alpha value is -2.63. The van der Waals surface area contributed by atoms with Crippen molar-refractivity contribution in [3.8, 4) is 0 Å². The molecule has 0 unspecified atom stereocenters. The van der Waals surface area contributed by atoms with Gasteiger partial charge in [0.05, 0.1) is 0 Å². The summed E-state index contributed by atoms with van der Waals surface area (Å²) in [6.07, 6.45) is 1.64. The van der Waals surface area contributed by atoms with Crippen molar-refractivity contribution in [3.05, 3.63) is 52.4 Å². The van der Waals surface area contributed by atoms with Crippen LogP contribution in [0.5, 0.6) is 0 Å². The lowest BCUT2D eigenvalue weighted by atomic mass is 10.2. The molecule has 1 aliphatic heterocycles. The van der Waals surface area contributed by atoms with E-state index in [1.807, 2.05) is 30.3 Å². The van der Waals surface area contributed by atoms with Crippen LogP contribution in [0.3, 0.4) is 0 Å². The molecular weight excluding hydrogens is 426 g/mol. The van der Waals surface area contributed by atoms with Gasteiger partial charge < -0.3 is 4.52 Å². The van der Waals surface area contributed by atoms with Gasteiger partial charge in [0, 0.05) is 13.0 Å². The van der Waals surface area contributed by atoms with Crippen LogP contribution in [0.4, 0.5) is 5.13 Å². The van der Waals surface area contributed by atoms with Gasteiger partial charge in [-0.05, 0) is 32.3 Å². The number of rotatable bonds is 6. The molecule has 4 rings (SSSR count). The van der Waals surface area contributed by atoms with Crippen molar-refractivity contribution < 1.29 is 17.7 Å². The molecule has 1 amide bonds. The molecule has 30 heavy (non-hydrogen) atoms. The summed E-state index contributed by atoms with van der Waals surface area (Å²) in [6, 6.07) is 9.02. The highest BCUT2D eigenvalue weighted by Crippen LogP contribution is 2.30. The van der Waals surface area contributed by atoms with Gasteiger partial charge in [-0.3, -0.25) is 10.1 Å². The van der Waals surface area contributed by atoms with Gasteiger partial charge in [-0.1, -0.05) is 46.8 Å². The van der Waals surface area contributed by atoms with Crippen LogP contribution < -0.4 is 5.32 Å². The zero-order valence-corrected chi connectivity index (χ0v) is 18.2. The first kappa shape index (κ1) is 20.6. The largest absolute Gasteiger partial charge is 0.360 e. The number of anilines is 1. The molecule has 1 aliphatic rings. The smallest absolute Gasteiger partial charge is 0.249 e. The van der Waals surface area contributed by atoms with E-state index in [0.717, 1.165) is 10.6 Å². The lowest BCUT2D eigenvalue weighted by Gasteiger charge is -2.22. The van der Waals surface area contributed by atoms with Crippen LogP contribution in [0.2, 0.25) is 0 Å². The van der Waals surface area contributed by atoms with Crippen LogP contribution in [-0.2, 0) is 21.2 Å². The quantitative estimate of drug-likeness (QED) is 0.617. The van der Waals surface area contributed by atoms with E-state index in [-0.39, 0.29) is 22.9 Å². The molecule has 1 aromatic carbocycles. The minimum Gasteiger partial charge on any atom is -0.360 e. The van der Waals surface area contributed by atoms with Crippen molar-refractivity contribution >= 4 is 32.4 Å². The van der Waals surface area contributed by atoms with E-state index in [0.29, 0.717) is 24.4 Å². The van der Waals surface area contributed by atoms with Crippen LogP contribution in [0.15, 0.2) is 39.8 Å². The molecule has 9 nitrogen and oxygen atoms in total. The third-order valence-electron chi connectivity index (χ3n) is 4.94. The van der Waals surface area contributed by atoms with E-state index in [4.69, 9.17) is 4.52 Å². The fourth-order valence-electron chi connectivity index (χ4n) is 3.58. The highest BCUT2D eigenvalue weighted by Gasteiger charge is 2.42. The Morgan fingerprint density at radius 3 is 2.73 bits per heavy atom. The van der Waals surface area contributed by atoms with Crippen molar-refractivity contribution in [2.45, 2.75) is 44.0 Å². The summed E-state index contributed by atoms with van der Waals surface area (Å²) in [5.74, 6) is -0.196.